The Bertz CT molecular complexity index is 909. The minimum Gasteiger partial charge on any atom is -0.383 e. The summed E-state index contributed by atoms with van der Waals surface area (Å²) in [7, 11) is 0. The summed E-state index contributed by atoms with van der Waals surface area (Å²) < 4.78 is 34.9. The highest BCUT2D eigenvalue weighted by atomic mass is 19.1. The van der Waals surface area contributed by atoms with Gasteiger partial charge < -0.3 is 10.5 Å². The minimum atomic E-state index is -1.46. The second-order valence-corrected chi connectivity index (χ2v) is 6.60. The van der Waals surface area contributed by atoms with Crippen LogP contribution in [-0.2, 0) is 4.74 Å². The van der Waals surface area contributed by atoms with Crippen LogP contribution < -0.4 is 5.73 Å². The van der Waals surface area contributed by atoms with Gasteiger partial charge in [-0.1, -0.05) is 18.2 Å². The Morgan fingerprint density at radius 3 is 2.88 bits per heavy atom. The van der Waals surface area contributed by atoms with Gasteiger partial charge in [0.05, 0.1) is 24.2 Å². The van der Waals surface area contributed by atoms with Crippen molar-refractivity contribution in [3.63, 3.8) is 0 Å². The highest BCUT2D eigenvalue weighted by molar-refractivity contribution is 5.84. The molecular weight excluding hydrogens is 340 g/mol. The second-order valence-electron chi connectivity index (χ2n) is 6.60. The van der Waals surface area contributed by atoms with Crippen molar-refractivity contribution < 1.29 is 13.5 Å². The fourth-order valence-electron chi connectivity index (χ4n) is 3.34. The Labute approximate surface area is 149 Å². The second kappa shape index (κ2) is 6.95. The predicted molar refractivity (Wildman–Crippen MR) is 92.6 cm³/mol. The first kappa shape index (κ1) is 16.8. The molecule has 4 rings (SSSR count). The summed E-state index contributed by atoms with van der Waals surface area (Å²) in [5, 5.41) is 5.11. The fourth-order valence-corrected chi connectivity index (χ4v) is 3.34. The maximum Gasteiger partial charge on any atom is 0.163 e. The van der Waals surface area contributed by atoms with E-state index in [1.165, 1.54) is 18.5 Å². The standard InChI is InChI=1S/C18H19F2N5O/c19-15-4-2-1-3-13(15)16(20)9-26-8-11-5-12(6-11)25-18-14(7-24-25)17(21)22-10-23-18/h1-4,7,10-12,16H,5-6,8-9H2,(H2,21,22,23). The topological polar surface area (TPSA) is 78.9 Å². The van der Waals surface area contributed by atoms with E-state index in [1.54, 1.807) is 18.3 Å². The number of nitrogens with two attached hydrogens (primary N) is 1. The fraction of sp³-hybridized carbons (Fsp3) is 0.389. The molecule has 6 nitrogen and oxygen atoms in total. The van der Waals surface area contributed by atoms with Crippen molar-refractivity contribution >= 4 is 16.9 Å². The normalized spacial score (nSPS) is 20.8. The van der Waals surface area contributed by atoms with Gasteiger partial charge in [-0.05, 0) is 24.8 Å². The van der Waals surface area contributed by atoms with Crippen LogP contribution in [0.3, 0.4) is 0 Å². The Morgan fingerprint density at radius 1 is 1.27 bits per heavy atom. The van der Waals surface area contributed by atoms with Crippen molar-refractivity contribution in [3.05, 3.63) is 48.2 Å². The third-order valence-corrected chi connectivity index (χ3v) is 4.84. The van der Waals surface area contributed by atoms with Gasteiger partial charge >= 0.3 is 0 Å². The van der Waals surface area contributed by atoms with Gasteiger partial charge in [0.15, 0.2) is 11.8 Å². The Balaban J connectivity index is 1.28. The van der Waals surface area contributed by atoms with E-state index in [4.69, 9.17) is 10.5 Å². The molecule has 26 heavy (non-hydrogen) atoms. The molecule has 1 aliphatic carbocycles. The summed E-state index contributed by atoms with van der Waals surface area (Å²) in [6, 6.07) is 6.08. The number of nitrogens with zero attached hydrogens (tertiary/aromatic N) is 4. The lowest BCUT2D eigenvalue weighted by Gasteiger charge is -2.35. The zero-order valence-electron chi connectivity index (χ0n) is 14.1. The number of anilines is 1. The molecule has 1 aliphatic rings. The number of aromatic nitrogens is 4. The van der Waals surface area contributed by atoms with Gasteiger partial charge in [0.2, 0.25) is 0 Å². The monoisotopic (exact) mass is 359 g/mol. The van der Waals surface area contributed by atoms with Crippen LogP contribution in [0.1, 0.15) is 30.6 Å². The number of hydrogen-bond donors (Lipinski definition) is 1. The van der Waals surface area contributed by atoms with Crippen molar-refractivity contribution in [2.75, 3.05) is 18.9 Å². The number of hydrogen-bond acceptors (Lipinski definition) is 5. The smallest absolute Gasteiger partial charge is 0.163 e. The van der Waals surface area contributed by atoms with Crippen LogP contribution in [0, 0.1) is 11.7 Å². The molecule has 0 amide bonds. The van der Waals surface area contributed by atoms with E-state index >= 15 is 0 Å². The van der Waals surface area contributed by atoms with Crippen LogP contribution in [0.25, 0.3) is 11.0 Å². The molecule has 1 fully saturated rings. The summed E-state index contributed by atoms with van der Waals surface area (Å²) in [6.45, 7) is 0.304. The number of nitrogen functional groups attached to an aromatic ring is 1. The largest absolute Gasteiger partial charge is 0.383 e. The molecule has 0 radical (unpaired) electrons. The third kappa shape index (κ3) is 3.12. The van der Waals surface area contributed by atoms with Crippen LogP contribution in [0.15, 0.2) is 36.8 Å². The molecule has 0 spiro atoms. The van der Waals surface area contributed by atoms with Crippen LogP contribution in [0.5, 0.6) is 0 Å². The Kier molecular flexibility index (Phi) is 4.50. The Hall–Kier alpha value is -2.61. The number of rotatable bonds is 6. The molecule has 0 saturated heterocycles. The molecule has 0 bridgehead atoms. The number of alkyl halides is 1. The van der Waals surface area contributed by atoms with E-state index in [2.05, 4.69) is 15.1 Å². The van der Waals surface area contributed by atoms with Crippen LogP contribution in [0.2, 0.25) is 0 Å². The minimum absolute atomic E-state index is 0.0410. The van der Waals surface area contributed by atoms with Crippen LogP contribution in [0.4, 0.5) is 14.6 Å². The molecule has 136 valence electrons. The molecule has 1 unspecified atom stereocenters. The number of benzene rings is 1. The van der Waals surface area contributed by atoms with Gasteiger partial charge in [-0.3, -0.25) is 0 Å². The summed E-state index contributed by atoms with van der Waals surface area (Å²) in [4.78, 5) is 8.21. The third-order valence-electron chi connectivity index (χ3n) is 4.84. The molecule has 1 saturated carbocycles. The SMILES string of the molecule is Nc1ncnc2c1cnn2C1CC(COCC(F)c2ccccc2F)C1. The van der Waals surface area contributed by atoms with Crippen molar-refractivity contribution in [1.29, 1.82) is 0 Å². The van der Waals surface area contributed by atoms with E-state index in [0.717, 1.165) is 23.9 Å². The van der Waals surface area contributed by atoms with E-state index in [1.807, 2.05) is 4.68 Å². The first-order valence-electron chi connectivity index (χ1n) is 8.53. The van der Waals surface area contributed by atoms with Crippen molar-refractivity contribution in [2.24, 2.45) is 5.92 Å². The molecule has 3 aromatic rings. The summed E-state index contributed by atoms with van der Waals surface area (Å²) in [5.74, 6) is 0.202. The molecule has 2 heterocycles. The molecule has 2 N–H and O–H groups in total. The van der Waals surface area contributed by atoms with E-state index in [9.17, 15) is 8.78 Å². The average Bonchev–Trinajstić information content (AvgIpc) is 3.02. The average molecular weight is 359 g/mol. The highest BCUT2D eigenvalue weighted by Gasteiger charge is 2.32. The van der Waals surface area contributed by atoms with Gasteiger partial charge in [-0.2, -0.15) is 5.10 Å². The lowest BCUT2D eigenvalue weighted by molar-refractivity contribution is 0.0188. The highest BCUT2D eigenvalue weighted by Crippen LogP contribution is 2.39. The number of fused-ring (bicyclic) bond motifs is 1. The first-order valence-corrected chi connectivity index (χ1v) is 8.53. The van der Waals surface area contributed by atoms with Gasteiger partial charge in [0.1, 0.15) is 18.0 Å². The van der Waals surface area contributed by atoms with Gasteiger partial charge in [-0.25, -0.2) is 23.4 Å². The zero-order chi connectivity index (χ0) is 18.1. The molecular formula is C18H19F2N5O. The first-order chi connectivity index (χ1) is 12.6. The predicted octanol–water partition coefficient (Wildman–Crippen LogP) is 3.23. The van der Waals surface area contributed by atoms with Crippen molar-refractivity contribution in [2.45, 2.75) is 25.1 Å². The molecule has 1 aromatic carbocycles. The van der Waals surface area contributed by atoms with Crippen LogP contribution >= 0.6 is 0 Å². The lowest BCUT2D eigenvalue weighted by Crippen LogP contribution is -2.31. The van der Waals surface area contributed by atoms with Crippen molar-refractivity contribution in [1.82, 2.24) is 19.7 Å². The molecule has 2 aromatic heterocycles. The molecule has 0 aliphatic heterocycles. The number of ether oxygens (including phenoxy) is 1. The van der Waals surface area contributed by atoms with Crippen LogP contribution in [-0.4, -0.2) is 33.0 Å². The maximum absolute atomic E-state index is 14.1. The summed E-state index contributed by atoms with van der Waals surface area (Å²) in [6.07, 6.45) is 3.40. The summed E-state index contributed by atoms with van der Waals surface area (Å²) >= 11 is 0. The Morgan fingerprint density at radius 2 is 2.08 bits per heavy atom. The van der Waals surface area contributed by atoms with E-state index < -0.39 is 12.0 Å². The number of halogens is 2. The van der Waals surface area contributed by atoms with Gasteiger partial charge in [0.25, 0.3) is 0 Å². The van der Waals surface area contributed by atoms with E-state index in [-0.39, 0.29) is 18.2 Å². The molecule has 1 atom stereocenters. The van der Waals surface area contributed by atoms with Gasteiger partial charge in [-0.15, -0.1) is 0 Å². The zero-order valence-corrected chi connectivity index (χ0v) is 14.1. The van der Waals surface area contributed by atoms with E-state index in [0.29, 0.717) is 18.3 Å². The lowest BCUT2D eigenvalue weighted by atomic mass is 9.81. The quantitative estimate of drug-likeness (QED) is 0.731. The summed E-state index contributed by atoms with van der Waals surface area (Å²) in [5.41, 5.74) is 6.59. The van der Waals surface area contributed by atoms with Gasteiger partial charge in [0, 0.05) is 12.2 Å². The molecule has 8 heteroatoms. The maximum atomic E-state index is 14.1. The van der Waals surface area contributed by atoms with Crippen molar-refractivity contribution in [3.8, 4) is 0 Å².